The molecule has 3 rings (SSSR count). The lowest BCUT2D eigenvalue weighted by atomic mass is 9.85. The number of piperidine rings is 1. The zero-order chi connectivity index (χ0) is 14.7. The molecule has 0 spiro atoms. The Kier molecular flexibility index (Phi) is 4.17. The van der Waals surface area contributed by atoms with E-state index in [4.69, 9.17) is 0 Å². The smallest absolute Gasteiger partial charge is 0.159 e. The van der Waals surface area contributed by atoms with Gasteiger partial charge < -0.3 is 5.32 Å². The lowest BCUT2D eigenvalue weighted by Gasteiger charge is -2.33. The van der Waals surface area contributed by atoms with E-state index in [0.717, 1.165) is 42.1 Å². The molecule has 2 aromatic rings. The number of benzene rings is 1. The number of thiazole rings is 1. The summed E-state index contributed by atoms with van der Waals surface area (Å²) in [5.74, 6) is 0.260. The van der Waals surface area contributed by atoms with Crippen molar-refractivity contribution in [3.05, 3.63) is 40.7 Å². The Hall–Kier alpha value is -1.52. The van der Waals surface area contributed by atoms with Crippen LogP contribution in [0.15, 0.2) is 35.7 Å². The van der Waals surface area contributed by atoms with Crippen molar-refractivity contribution in [3.8, 4) is 11.3 Å². The topological polar surface area (TPSA) is 42.0 Å². The molecule has 110 valence electrons. The first-order chi connectivity index (χ1) is 10.2. The molecule has 1 aliphatic rings. The number of nitrogens with zero attached hydrogens (tertiary/aromatic N) is 1. The standard InChI is InChI=1S/C17H20N2OS/c1-17(9-5-6-10-18-17)15(20)11-16-19-14(12-21-16)13-7-3-2-4-8-13/h2-4,7-8,12,18H,5-6,9-11H2,1H3. The zero-order valence-corrected chi connectivity index (χ0v) is 13.1. The van der Waals surface area contributed by atoms with Crippen LogP contribution in [0.5, 0.6) is 0 Å². The molecule has 0 bridgehead atoms. The Bertz CT molecular complexity index is 615. The Morgan fingerprint density at radius 2 is 2.14 bits per heavy atom. The van der Waals surface area contributed by atoms with E-state index in [2.05, 4.69) is 10.3 Å². The summed E-state index contributed by atoms with van der Waals surface area (Å²) in [4.78, 5) is 17.2. The molecule has 1 atom stereocenters. The summed E-state index contributed by atoms with van der Waals surface area (Å²) in [6, 6.07) is 10.1. The van der Waals surface area contributed by atoms with Gasteiger partial charge in [-0.1, -0.05) is 30.3 Å². The quantitative estimate of drug-likeness (QED) is 0.940. The number of carbonyl (C=O) groups is 1. The average molecular weight is 300 g/mol. The van der Waals surface area contributed by atoms with Crippen LogP contribution in [-0.4, -0.2) is 22.9 Å². The van der Waals surface area contributed by atoms with Crippen molar-refractivity contribution in [1.29, 1.82) is 0 Å². The SMILES string of the molecule is CC1(C(=O)Cc2nc(-c3ccccc3)cs2)CCCCN1. The minimum Gasteiger partial charge on any atom is -0.305 e. The van der Waals surface area contributed by atoms with Crippen molar-refractivity contribution in [2.24, 2.45) is 0 Å². The Balaban J connectivity index is 1.71. The van der Waals surface area contributed by atoms with Gasteiger partial charge in [0, 0.05) is 10.9 Å². The number of hydrogen-bond acceptors (Lipinski definition) is 4. The van der Waals surface area contributed by atoms with Crippen LogP contribution in [0.2, 0.25) is 0 Å². The van der Waals surface area contributed by atoms with Gasteiger partial charge in [-0.3, -0.25) is 4.79 Å². The summed E-state index contributed by atoms with van der Waals surface area (Å²) in [6.45, 7) is 2.97. The third kappa shape index (κ3) is 3.22. The Morgan fingerprint density at radius 3 is 2.86 bits per heavy atom. The van der Waals surface area contributed by atoms with Crippen LogP contribution in [-0.2, 0) is 11.2 Å². The van der Waals surface area contributed by atoms with Gasteiger partial charge in [0.15, 0.2) is 5.78 Å². The highest BCUT2D eigenvalue weighted by atomic mass is 32.1. The van der Waals surface area contributed by atoms with Crippen molar-refractivity contribution in [3.63, 3.8) is 0 Å². The summed E-state index contributed by atoms with van der Waals surface area (Å²) >= 11 is 1.58. The molecule has 1 aromatic heterocycles. The largest absolute Gasteiger partial charge is 0.305 e. The normalized spacial score (nSPS) is 22.1. The molecular formula is C17H20N2OS. The fraction of sp³-hybridized carbons (Fsp3) is 0.412. The first kappa shape index (κ1) is 14.4. The molecule has 0 amide bonds. The molecular weight excluding hydrogens is 280 g/mol. The van der Waals surface area contributed by atoms with E-state index >= 15 is 0 Å². The molecule has 1 aliphatic heterocycles. The predicted octanol–water partition coefficient (Wildman–Crippen LogP) is 3.45. The molecule has 1 fully saturated rings. The summed E-state index contributed by atoms with van der Waals surface area (Å²) in [6.07, 6.45) is 3.66. The first-order valence-corrected chi connectivity index (χ1v) is 8.33. The van der Waals surface area contributed by atoms with Crippen LogP contribution in [0.4, 0.5) is 0 Å². The van der Waals surface area contributed by atoms with Gasteiger partial charge in [-0.15, -0.1) is 11.3 Å². The molecule has 0 aliphatic carbocycles. The average Bonchev–Trinajstić information content (AvgIpc) is 2.97. The Labute approximate surface area is 129 Å². The molecule has 1 aromatic carbocycles. The van der Waals surface area contributed by atoms with Crippen LogP contribution in [0, 0.1) is 0 Å². The van der Waals surface area contributed by atoms with Crippen LogP contribution < -0.4 is 5.32 Å². The molecule has 0 radical (unpaired) electrons. The van der Waals surface area contributed by atoms with Gasteiger partial charge in [-0.2, -0.15) is 0 Å². The fourth-order valence-corrected chi connectivity index (χ4v) is 3.56. The van der Waals surface area contributed by atoms with E-state index in [0.29, 0.717) is 6.42 Å². The number of rotatable bonds is 4. The second-order valence-electron chi connectivity index (χ2n) is 5.81. The van der Waals surface area contributed by atoms with Gasteiger partial charge in [0.2, 0.25) is 0 Å². The molecule has 2 heterocycles. The third-order valence-corrected chi connectivity index (χ3v) is 5.02. The summed E-state index contributed by atoms with van der Waals surface area (Å²) < 4.78 is 0. The fourth-order valence-electron chi connectivity index (χ4n) is 2.76. The van der Waals surface area contributed by atoms with Crippen molar-refractivity contribution < 1.29 is 4.79 Å². The van der Waals surface area contributed by atoms with E-state index in [9.17, 15) is 4.79 Å². The van der Waals surface area contributed by atoms with E-state index in [1.54, 1.807) is 11.3 Å². The minimum absolute atomic E-state index is 0.260. The Morgan fingerprint density at radius 1 is 1.33 bits per heavy atom. The molecule has 3 nitrogen and oxygen atoms in total. The maximum absolute atomic E-state index is 12.5. The van der Waals surface area contributed by atoms with Gasteiger partial charge in [-0.25, -0.2) is 4.98 Å². The summed E-state index contributed by atoms with van der Waals surface area (Å²) in [5.41, 5.74) is 1.70. The van der Waals surface area contributed by atoms with E-state index in [-0.39, 0.29) is 11.3 Å². The number of Topliss-reactive ketones (excluding diaryl/α,β-unsaturated/α-hetero) is 1. The second-order valence-corrected chi connectivity index (χ2v) is 6.75. The highest BCUT2D eigenvalue weighted by Crippen LogP contribution is 2.25. The van der Waals surface area contributed by atoms with Crippen molar-refractivity contribution in [2.75, 3.05) is 6.54 Å². The molecule has 1 N–H and O–H groups in total. The highest BCUT2D eigenvalue weighted by molar-refractivity contribution is 7.10. The maximum Gasteiger partial charge on any atom is 0.159 e. The molecule has 21 heavy (non-hydrogen) atoms. The number of nitrogens with one attached hydrogen (secondary N) is 1. The summed E-state index contributed by atoms with van der Waals surface area (Å²) in [7, 11) is 0. The molecule has 1 saturated heterocycles. The molecule has 1 unspecified atom stereocenters. The van der Waals surface area contributed by atoms with Gasteiger partial charge in [0.25, 0.3) is 0 Å². The number of carbonyl (C=O) groups excluding carboxylic acids is 1. The number of hydrogen-bond donors (Lipinski definition) is 1. The van der Waals surface area contributed by atoms with E-state index < -0.39 is 0 Å². The monoisotopic (exact) mass is 300 g/mol. The van der Waals surface area contributed by atoms with Crippen LogP contribution >= 0.6 is 11.3 Å². The van der Waals surface area contributed by atoms with E-state index in [1.807, 2.05) is 42.6 Å². The van der Waals surface area contributed by atoms with Gasteiger partial charge in [0.05, 0.1) is 17.7 Å². The lowest BCUT2D eigenvalue weighted by Crippen LogP contribution is -2.52. The third-order valence-electron chi connectivity index (χ3n) is 4.17. The summed E-state index contributed by atoms with van der Waals surface area (Å²) in [5, 5.41) is 6.33. The number of ketones is 1. The van der Waals surface area contributed by atoms with Crippen LogP contribution in [0.3, 0.4) is 0 Å². The molecule has 0 saturated carbocycles. The van der Waals surface area contributed by atoms with Crippen molar-refractivity contribution in [1.82, 2.24) is 10.3 Å². The molecule has 4 heteroatoms. The predicted molar refractivity (Wildman–Crippen MR) is 86.5 cm³/mol. The van der Waals surface area contributed by atoms with Gasteiger partial charge in [-0.05, 0) is 32.7 Å². The zero-order valence-electron chi connectivity index (χ0n) is 12.3. The van der Waals surface area contributed by atoms with Crippen LogP contribution in [0.1, 0.15) is 31.2 Å². The van der Waals surface area contributed by atoms with E-state index in [1.165, 1.54) is 0 Å². The second kappa shape index (κ2) is 6.08. The van der Waals surface area contributed by atoms with Crippen molar-refractivity contribution in [2.45, 2.75) is 38.1 Å². The lowest BCUT2D eigenvalue weighted by molar-refractivity contribution is -0.125. The minimum atomic E-state index is -0.364. The first-order valence-electron chi connectivity index (χ1n) is 7.45. The van der Waals surface area contributed by atoms with Crippen LogP contribution in [0.25, 0.3) is 11.3 Å². The highest BCUT2D eigenvalue weighted by Gasteiger charge is 2.34. The number of aromatic nitrogens is 1. The van der Waals surface area contributed by atoms with Gasteiger partial charge in [0.1, 0.15) is 5.01 Å². The van der Waals surface area contributed by atoms with Crippen molar-refractivity contribution >= 4 is 17.1 Å². The maximum atomic E-state index is 12.5. The van der Waals surface area contributed by atoms with Gasteiger partial charge >= 0.3 is 0 Å².